The maximum Gasteiger partial charge on any atom is 0.248 e. The van der Waals surface area contributed by atoms with Crippen LogP contribution in [-0.2, 0) is 10.3 Å². The number of aromatic nitrogens is 2. The molecule has 0 bridgehead atoms. The molecule has 0 saturated heterocycles. The summed E-state index contributed by atoms with van der Waals surface area (Å²) in [6.07, 6.45) is 0. The van der Waals surface area contributed by atoms with Crippen LogP contribution in [0.15, 0.2) is 12.1 Å². The van der Waals surface area contributed by atoms with Crippen LogP contribution < -0.4 is 15.2 Å². The molecule has 0 spiro atoms. The van der Waals surface area contributed by atoms with Crippen molar-refractivity contribution in [3.63, 3.8) is 0 Å². The predicted octanol–water partition coefficient (Wildman–Crippen LogP) is 2.55. The average molecular weight is 323 g/mol. The van der Waals surface area contributed by atoms with Gasteiger partial charge < -0.3 is 19.8 Å². The fourth-order valence-corrected chi connectivity index (χ4v) is 2.52. The lowest BCUT2D eigenvalue weighted by Gasteiger charge is -2.13. The number of ether oxygens (including phenoxy) is 2. The fourth-order valence-electron chi connectivity index (χ4n) is 2.09. The number of alkyl halides is 3. The molecule has 2 aromatic rings. The van der Waals surface area contributed by atoms with Crippen molar-refractivity contribution in [3.05, 3.63) is 18.0 Å². The second-order valence-electron chi connectivity index (χ2n) is 4.07. The monoisotopic (exact) mass is 321 g/mol. The highest BCUT2D eigenvalue weighted by Crippen LogP contribution is 2.41. The number of fused-ring (bicyclic) bond motifs is 2. The van der Waals surface area contributed by atoms with Crippen LogP contribution in [-0.4, -0.2) is 22.9 Å². The Balaban J connectivity index is 2.25. The van der Waals surface area contributed by atoms with Crippen LogP contribution in [0.4, 0.5) is 0 Å². The number of nitrogens with two attached hydrogens (primary N) is 1. The van der Waals surface area contributed by atoms with E-state index in [0.717, 1.165) is 5.52 Å². The Morgan fingerprint density at radius 2 is 1.95 bits per heavy atom. The first-order chi connectivity index (χ1) is 9.00. The second-order valence-corrected chi connectivity index (χ2v) is 6.35. The zero-order chi connectivity index (χ0) is 13.6. The minimum Gasteiger partial charge on any atom is -0.454 e. The van der Waals surface area contributed by atoms with Crippen molar-refractivity contribution in [1.29, 1.82) is 0 Å². The van der Waals surface area contributed by atoms with Crippen LogP contribution in [0.2, 0.25) is 0 Å². The van der Waals surface area contributed by atoms with E-state index in [1.54, 1.807) is 10.6 Å². The summed E-state index contributed by atoms with van der Waals surface area (Å²) in [5.74, 6) is 1.63. The number of nitrogens with zero attached hydrogens (tertiary/aromatic N) is 2. The maximum absolute atomic E-state index is 5.94. The molecule has 19 heavy (non-hydrogen) atoms. The van der Waals surface area contributed by atoms with Gasteiger partial charge in [0, 0.05) is 25.2 Å². The molecule has 1 aliphatic heterocycles. The summed E-state index contributed by atoms with van der Waals surface area (Å²) in [5.41, 5.74) is 7.08. The number of rotatable bonds is 2. The molecule has 3 rings (SSSR count). The summed E-state index contributed by atoms with van der Waals surface area (Å²) in [5, 5.41) is 0. The van der Waals surface area contributed by atoms with Crippen molar-refractivity contribution in [3.8, 4) is 11.5 Å². The molecule has 0 unspecified atom stereocenters. The van der Waals surface area contributed by atoms with Gasteiger partial charge >= 0.3 is 0 Å². The van der Waals surface area contributed by atoms with Gasteiger partial charge in [0.2, 0.25) is 10.6 Å². The van der Waals surface area contributed by atoms with E-state index in [4.69, 9.17) is 50.0 Å². The van der Waals surface area contributed by atoms with Gasteiger partial charge in [-0.3, -0.25) is 0 Å². The molecule has 1 aromatic carbocycles. The molecule has 8 heteroatoms. The van der Waals surface area contributed by atoms with Crippen LogP contribution in [0.3, 0.4) is 0 Å². The van der Waals surface area contributed by atoms with Gasteiger partial charge in [0.1, 0.15) is 0 Å². The predicted molar refractivity (Wildman–Crippen MR) is 74.1 cm³/mol. The average Bonchev–Trinajstić information content (AvgIpc) is 2.90. The lowest BCUT2D eigenvalue weighted by molar-refractivity contribution is 0.174. The number of imidazole rings is 1. The van der Waals surface area contributed by atoms with Crippen molar-refractivity contribution < 1.29 is 9.47 Å². The Morgan fingerprint density at radius 3 is 2.58 bits per heavy atom. The molecule has 102 valence electrons. The van der Waals surface area contributed by atoms with Crippen LogP contribution in [0.1, 0.15) is 5.82 Å². The Bertz CT molecular complexity index is 636. The first-order valence-corrected chi connectivity index (χ1v) is 6.71. The van der Waals surface area contributed by atoms with E-state index in [0.29, 0.717) is 35.9 Å². The van der Waals surface area contributed by atoms with Gasteiger partial charge in [-0.05, 0) is 0 Å². The molecule has 0 atom stereocenters. The summed E-state index contributed by atoms with van der Waals surface area (Å²) < 4.78 is 10.8. The third-order valence-corrected chi connectivity index (χ3v) is 3.36. The van der Waals surface area contributed by atoms with E-state index in [1.807, 2.05) is 6.07 Å². The van der Waals surface area contributed by atoms with E-state index >= 15 is 0 Å². The molecule has 1 aromatic heterocycles. The van der Waals surface area contributed by atoms with Gasteiger partial charge in [-0.2, -0.15) is 0 Å². The van der Waals surface area contributed by atoms with Crippen LogP contribution in [0.5, 0.6) is 11.5 Å². The third kappa shape index (κ3) is 2.21. The standard InChI is InChI=1S/C11H10Cl3N3O2/c12-11(13,14)10-16-6-3-8-9(19-5-18-8)4-7(6)17(10)2-1-15/h3-4H,1-2,5,15H2. The minimum absolute atomic E-state index is 0.205. The molecule has 1 aliphatic rings. The lowest BCUT2D eigenvalue weighted by atomic mass is 10.2. The molecule has 0 amide bonds. The summed E-state index contributed by atoms with van der Waals surface area (Å²) in [7, 11) is 0. The zero-order valence-electron chi connectivity index (χ0n) is 9.70. The maximum atomic E-state index is 5.94. The second kappa shape index (κ2) is 4.59. The molecule has 0 fully saturated rings. The van der Waals surface area contributed by atoms with Gasteiger partial charge in [-0.15, -0.1) is 0 Å². The first-order valence-electron chi connectivity index (χ1n) is 5.58. The van der Waals surface area contributed by atoms with Crippen molar-refractivity contribution >= 4 is 45.8 Å². The largest absolute Gasteiger partial charge is 0.454 e. The Kier molecular flexibility index (Phi) is 3.17. The molecule has 2 N–H and O–H groups in total. The van der Waals surface area contributed by atoms with Gasteiger partial charge in [-0.25, -0.2) is 4.98 Å². The zero-order valence-corrected chi connectivity index (χ0v) is 12.0. The number of halogens is 3. The van der Waals surface area contributed by atoms with Gasteiger partial charge in [0.15, 0.2) is 17.3 Å². The van der Waals surface area contributed by atoms with Crippen molar-refractivity contribution in [2.24, 2.45) is 5.73 Å². The van der Waals surface area contributed by atoms with Crippen LogP contribution >= 0.6 is 34.8 Å². The molecular formula is C11H10Cl3N3O2. The van der Waals surface area contributed by atoms with Crippen LogP contribution in [0.25, 0.3) is 11.0 Å². The van der Waals surface area contributed by atoms with Gasteiger partial charge in [0.25, 0.3) is 0 Å². The highest BCUT2D eigenvalue weighted by Gasteiger charge is 2.31. The Labute approximate surface area is 124 Å². The lowest BCUT2D eigenvalue weighted by Crippen LogP contribution is -2.17. The smallest absolute Gasteiger partial charge is 0.248 e. The number of hydrogen-bond donors (Lipinski definition) is 1. The van der Waals surface area contributed by atoms with E-state index in [-0.39, 0.29) is 6.79 Å². The topological polar surface area (TPSA) is 62.3 Å². The molecule has 0 aliphatic carbocycles. The number of hydrogen-bond acceptors (Lipinski definition) is 4. The van der Waals surface area contributed by atoms with E-state index in [9.17, 15) is 0 Å². The molecule has 0 saturated carbocycles. The number of benzene rings is 1. The first kappa shape index (κ1) is 13.1. The van der Waals surface area contributed by atoms with Gasteiger partial charge in [-0.1, -0.05) is 34.8 Å². The quantitative estimate of drug-likeness (QED) is 0.863. The summed E-state index contributed by atoms with van der Waals surface area (Å²) in [4.78, 5) is 4.36. The third-order valence-electron chi connectivity index (χ3n) is 2.85. The van der Waals surface area contributed by atoms with E-state index < -0.39 is 3.79 Å². The summed E-state index contributed by atoms with van der Waals surface area (Å²) in [6.45, 7) is 1.11. The highest BCUT2D eigenvalue weighted by atomic mass is 35.6. The van der Waals surface area contributed by atoms with E-state index in [1.165, 1.54) is 0 Å². The van der Waals surface area contributed by atoms with Crippen molar-refractivity contribution in [2.75, 3.05) is 13.3 Å². The summed E-state index contributed by atoms with van der Waals surface area (Å²) in [6, 6.07) is 3.59. The van der Waals surface area contributed by atoms with Crippen LogP contribution in [0, 0.1) is 0 Å². The highest BCUT2D eigenvalue weighted by molar-refractivity contribution is 6.66. The molecule has 2 heterocycles. The van der Waals surface area contributed by atoms with E-state index in [2.05, 4.69) is 4.98 Å². The fraction of sp³-hybridized carbons (Fsp3) is 0.364. The van der Waals surface area contributed by atoms with Crippen molar-refractivity contribution in [2.45, 2.75) is 10.3 Å². The minimum atomic E-state index is -1.61. The Hall–Kier alpha value is -0.880. The molecular weight excluding hydrogens is 312 g/mol. The molecule has 5 nitrogen and oxygen atoms in total. The van der Waals surface area contributed by atoms with Gasteiger partial charge in [0.05, 0.1) is 11.0 Å². The van der Waals surface area contributed by atoms with Crippen molar-refractivity contribution in [1.82, 2.24) is 9.55 Å². The normalized spacial score (nSPS) is 14.3. The SMILES string of the molecule is NCCn1c(C(Cl)(Cl)Cl)nc2cc3c(cc21)OCO3. The molecule has 0 radical (unpaired) electrons. The Morgan fingerprint density at radius 1 is 1.26 bits per heavy atom. The summed E-state index contributed by atoms with van der Waals surface area (Å²) >= 11 is 17.8.